The molecule has 0 saturated heterocycles. The number of anilines is 4. The maximum Gasteiger partial charge on any atom is 0.251 e. The molecular formula is C29H43N7O3. The van der Waals surface area contributed by atoms with E-state index >= 15 is 0 Å². The van der Waals surface area contributed by atoms with Crippen LogP contribution < -0.4 is 30.5 Å². The minimum Gasteiger partial charge on any atom is -0.495 e. The van der Waals surface area contributed by atoms with Gasteiger partial charge in [0, 0.05) is 31.2 Å². The molecule has 0 radical (unpaired) electrons. The second-order valence-corrected chi connectivity index (χ2v) is 11.2. The number of aromatic nitrogens is 2. The smallest absolute Gasteiger partial charge is 0.251 e. The fourth-order valence-corrected chi connectivity index (χ4v) is 5.55. The number of amides is 2. The molecular weight excluding hydrogens is 494 g/mol. The minimum absolute atomic E-state index is 0.0559. The lowest BCUT2D eigenvalue weighted by Crippen LogP contribution is -2.45. The van der Waals surface area contributed by atoms with Crippen LogP contribution in [0.25, 0.3) is 0 Å². The highest BCUT2D eigenvalue weighted by Crippen LogP contribution is 2.40. The molecule has 2 aliphatic rings. The molecule has 1 aliphatic carbocycles. The molecule has 10 heteroatoms. The summed E-state index contributed by atoms with van der Waals surface area (Å²) in [7, 11) is 5.28. The molecule has 1 saturated carbocycles. The number of rotatable bonds is 10. The van der Waals surface area contributed by atoms with Crippen LogP contribution in [0.15, 0.2) is 24.4 Å². The van der Waals surface area contributed by atoms with Gasteiger partial charge >= 0.3 is 0 Å². The highest BCUT2D eigenvalue weighted by molar-refractivity contribution is 6.01. The molecule has 1 aromatic heterocycles. The molecule has 4 rings (SSSR count). The molecule has 1 atom stereocenters. The van der Waals surface area contributed by atoms with Crippen LogP contribution in [0.1, 0.15) is 69.7 Å². The Balaban J connectivity index is 1.60. The van der Waals surface area contributed by atoms with E-state index in [1.54, 1.807) is 37.4 Å². The maximum absolute atomic E-state index is 13.3. The van der Waals surface area contributed by atoms with Crippen molar-refractivity contribution in [2.75, 3.05) is 49.4 Å². The number of carbonyl (C=O) groups excluding carboxylic acids is 2. The molecule has 1 unspecified atom stereocenters. The highest BCUT2D eigenvalue weighted by atomic mass is 16.5. The van der Waals surface area contributed by atoms with E-state index in [9.17, 15) is 9.59 Å². The van der Waals surface area contributed by atoms with Gasteiger partial charge in [0.25, 0.3) is 5.91 Å². The Morgan fingerprint density at radius 3 is 2.67 bits per heavy atom. The Labute approximate surface area is 231 Å². The molecule has 2 heterocycles. The van der Waals surface area contributed by atoms with Crippen molar-refractivity contribution in [3.05, 3.63) is 30.0 Å². The van der Waals surface area contributed by atoms with Crippen molar-refractivity contribution in [2.45, 2.75) is 71.4 Å². The maximum atomic E-state index is 13.3. The zero-order valence-corrected chi connectivity index (χ0v) is 24.1. The Morgan fingerprint density at radius 2 is 2.00 bits per heavy atom. The summed E-state index contributed by atoms with van der Waals surface area (Å²) in [4.78, 5) is 39.6. The molecule has 1 aromatic carbocycles. The molecule has 3 N–H and O–H groups in total. The Hall–Kier alpha value is -3.40. The van der Waals surface area contributed by atoms with Crippen LogP contribution in [0.2, 0.25) is 0 Å². The molecule has 212 valence electrons. The number of carbonyl (C=O) groups is 2. The third-order valence-electron chi connectivity index (χ3n) is 7.88. The molecule has 10 nitrogen and oxygen atoms in total. The molecule has 0 bridgehead atoms. The number of ether oxygens (including phenoxy) is 1. The minimum atomic E-state index is -0.547. The number of methoxy groups -OCH3 is 1. The van der Waals surface area contributed by atoms with E-state index in [0.29, 0.717) is 41.2 Å². The van der Waals surface area contributed by atoms with Gasteiger partial charge in [-0.05, 0) is 71.3 Å². The lowest BCUT2D eigenvalue weighted by Gasteiger charge is -2.34. The van der Waals surface area contributed by atoms with Crippen molar-refractivity contribution in [1.82, 2.24) is 20.6 Å². The van der Waals surface area contributed by atoms with Crippen LogP contribution >= 0.6 is 0 Å². The average molecular weight is 538 g/mol. The van der Waals surface area contributed by atoms with E-state index < -0.39 is 5.41 Å². The summed E-state index contributed by atoms with van der Waals surface area (Å²) < 4.78 is 5.63. The van der Waals surface area contributed by atoms with Gasteiger partial charge in [0.05, 0.1) is 24.4 Å². The van der Waals surface area contributed by atoms with Gasteiger partial charge in [0.1, 0.15) is 11.4 Å². The van der Waals surface area contributed by atoms with E-state index in [2.05, 4.69) is 32.8 Å². The first kappa shape index (κ1) is 28.6. The fraction of sp³-hybridized carbons (Fsp3) is 0.586. The summed E-state index contributed by atoms with van der Waals surface area (Å²) in [5.74, 6) is 1.62. The number of hydrogen-bond donors (Lipinski definition) is 3. The number of nitrogens with zero attached hydrogens (tertiary/aromatic N) is 4. The predicted molar refractivity (Wildman–Crippen MR) is 155 cm³/mol. The van der Waals surface area contributed by atoms with Crippen LogP contribution in [-0.2, 0) is 4.79 Å². The van der Waals surface area contributed by atoms with Crippen molar-refractivity contribution in [3.8, 4) is 5.75 Å². The summed E-state index contributed by atoms with van der Waals surface area (Å²) >= 11 is 0. The standard InChI is InChI=1S/C29H43N7O3/c1-7-20(14-15-30-4)32-26(37)19-12-13-22(24(16-19)39-6)33-28-31-17-23-25(34-28)36(21-10-8-9-11-21)18-29(2,3)27(38)35(23)5/h12-13,16-17,20-21,30H,7-11,14-15,18H2,1-6H3,(H,32,37)(H,31,33,34). The Morgan fingerprint density at radius 1 is 1.26 bits per heavy atom. The fourth-order valence-electron chi connectivity index (χ4n) is 5.55. The monoisotopic (exact) mass is 537 g/mol. The summed E-state index contributed by atoms with van der Waals surface area (Å²) in [6.45, 7) is 7.50. The first-order valence-corrected chi connectivity index (χ1v) is 14.0. The topological polar surface area (TPSA) is 112 Å². The largest absolute Gasteiger partial charge is 0.495 e. The van der Waals surface area contributed by atoms with Crippen LogP contribution in [0.4, 0.5) is 23.1 Å². The zero-order chi connectivity index (χ0) is 28.2. The SMILES string of the molecule is CCC(CCNC)NC(=O)c1ccc(Nc2ncc3c(n2)N(C2CCCC2)CC(C)(C)C(=O)N3C)c(OC)c1. The van der Waals surface area contributed by atoms with E-state index in [4.69, 9.17) is 9.72 Å². The zero-order valence-electron chi connectivity index (χ0n) is 24.1. The predicted octanol–water partition coefficient (Wildman–Crippen LogP) is 4.10. The first-order chi connectivity index (χ1) is 18.7. The van der Waals surface area contributed by atoms with E-state index in [1.165, 1.54) is 12.8 Å². The van der Waals surface area contributed by atoms with Crippen LogP contribution in [-0.4, -0.2) is 68.2 Å². The lowest BCUT2D eigenvalue weighted by atomic mass is 9.91. The third-order valence-corrected chi connectivity index (χ3v) is 7.88. The second-order valence-electron chi connectivity index (χ2n) is 11.2. The van der Waals surface area contributed by atoms with E-state index in [-0.39, 0.29) is 17.9 Å². The molecule has 39 heavy (non-hydrogen) atoms. The van der Waals surface area contributed by atoms with Gasteiger partial charge < -0.3 is 30.5 Å². The lowest BCUT2D eigenvalue weighted by molar-refractivity contribution is -0.125. The number of hydrogen-bond acceptors (Lipinski definition) is 8. The van der Waals surface area contributed by atoms with Crippen molar-refractivity contribution in [1.29, 1.82) is 0 Å². The van der Waals surface area contributed by atoms with E-state index in [0.717, 1.165) is 38.0 Å². The van der Waals surface area contributed by atoms with Gasteiger partial charge in [-0.3, -0.25) is 9.59 Å². The van der Waals surface area contributed by atoms with Crippen molar-refractivity contribution >= 4 is 35.0 Å². The summed E-state index contributed by atoms with van der Waals surface area (Å²) in [5, 5.41) is 9.52. The van der Waals surface area contributed by atoms with Gasteiger partial charge in [0.2, 0.25) is 11.9 Å². The molecule has 2 aromatic rings. The van der Waals surface area contributed by atoms with Gasteiger partial charge in [-0.2, -0.15) is 4.98 Å². The van der Waals surface area contributed by atoms with Crippen LogP contribution in [0, 0.1) is 5.41 Å². The van der Waals surface area contributed by atoms with Crippen molar-refractivity contribution < 1.29 is 14.3 Å². The summed E-state index contributed by atoms with van der Waals surface area (Å²) in [5.41, 5.74) is 1.35. The third kappa shape index (κ3) is 6.27. The Kier molecular flexibility index (Phi) is 8.94. The second kappa shape index (κ2) is 12.2. The van der Waals surface area contributed by atoms with Crippen molar-refractivity contribution in [3.63, 3.8) is 0 Å². The Bertz CT molecular complexity index is 1180. The van der Waals surface area contributed by atoms with Crippen LogP contribution in [0.3, 0.4) is 0 Å². The number of nitrogens with one attached hydrogen (secondary N) is 3. The normalized spacial score (nSPS) is 17.9. The van der Waals surface area contributed by atoms with Gasteiger partial charge in [-0.25, -0.2) is 4.98 Å². The first-order valence-electron chi connectivity index (χ1n) is 14.0. The van der Waals surface area contributed by atoms with Crippen LogP contribution in [0.5, 0.6) is 5.75 Å². The highest BCUT2D eigenvalue weighted by Gasteiger charge is 2.41. The van der Waals surface area contributed by atoms with Crippen molar-refractivity contribution in [2.24, 2.45) is 5.41 Å². The molecule has 1 aliphatic heterocycles. The molecule has 1 fully saturated rings. The molecule has 2 amide bonds. The number of benzene rings is 1. The number of fused-ring (bicyclic) bond motifs is 1. The average Bonchev–Trinajstić information content (AvgIpc) is 3.46. The van der Waals surface area contributed by atoms with Gasteiger partial charge in [-0.15, -0.1) is 0 Å². The molecule has 0 spiro atoms. The van der Waals surface area contributed by atoms with E-state index in [1.807, 2.05) is 27.0 Å². The quantitative estimate of drug-likeness (QED) is 0.415. The van der Waals surface area contributed by atoms with Gasteiger partial charge in [-0.1, -0.05) is 19.8 Å². The van der Waals surface area contributed by atoms with Gasteiger partial charge in [0.15, 0.2) is 5.82 Å². The summed E-state index contributed by atoms with van der Waals surface area (Å²) in [6, 6.07) is 5.75. The summed E-state index contributed by atoms with van der Waals surface area (Å²) in [6.07, 6.45) is 7.98.